The predicted molar refractivity (Wildman–Crippen MR) is 262 cm³/mol. The molecule has 4 aromatic rings. The van der Waals surface area contributed by atoms with Crippen molar-refractivity contribution in [2.24, 2.45) is 0 Å². The number of nitrogens with zero attached hydrogens (tertiary/aromatic N) is 2. The van der Waals surface area contributed by atoms with Crippen LogP contribution in [0, 0.1) is 0 Å². The maximum Gasteiger partial charge on any atom is 0.414 e. The molecule has 0 spiro atoms. The Balaban J connectivity index is 0.00000147. The van der Waals surface area contributed by atoms with Crippen LogP contribution in [0.5, 0.6) is 46.0 Å². The summed E-state index contributed by atoms with van der Waals surface area (Å²) in [5.74, 6) is 1.31. The van der Waals surface area contributed by atoms with Gasteiger partial charge in [-0.3, -0.25) is 19.4 Å². The van der Waals surface area contributed by atoms with Crippen molar-refractivity contribution in [3.05, 3.63) is 94.0 Å². The second kappa shape index (κ2) is 27.5. The average molecular weight is 989 g/mol. The first-order valence-electron chi connectivity index (χ1n) is 23.5. The third kappa shape index (κ3) is 15.0. The highest BCUT2D eigenvalue weighted by atomic mass is 16.5. The van der Waals surface area contributed by atoms with Crippen LogP contribution in [0.4, 0.5) is 0 Å². The zero-order valence-electron chi connectivity index (χ0n) is 42.0. The third-order valence-electron chi connectivity index (χ3n) is 12.7. The van der Waals surface area contributed by atoms with E-state index in [0.29, 0.717) is 98.0 Å². The molecule has 2 N–H and O–H groups in total. The number of hydrogen-bond acceptors (Lipinski definition) is 16. The second-order valence-electron chi connectivity index (χ2n) is 16.8. The minimum Gasteiger partial charge on any atom is -0.493 e. The van der Waals surface area contributed by atoms with Crippen LogP contribution in [0.2, 0.25) is 0 Å². The maximum atomic E-state index is 13.0. The number of benzene rings is 4. The van der Waals surface area contributed by atoms with Crippen LogP contribution in [0.25, 0.3) is 0 Å². The van der Waals surface area contributed by atoms with Crippen molar-refractivity contribution in [1.29, 1.82) is 0 Å². The summed E-state index contributed by atoms with van der Waals surface area (Å²) < 4.78 is 56.1. The molecule has 0 aromatic heterocycles. The molecule has 2 aliphatic rings. The van der Waals surface area contributed by atoms with Crippen LogP contribution >= 0.6 is 0 Å². The molecular formula is C53H68N2O16. The number of carbonyl (C=O) groups is 4. The van der Waals surface area contributed by atoms with Crippen LogP contribution in [-0.2, 0) is 54.3 Å². The highest BCUT2D eigenvalue weighted by Gasteiger charge is 2.32. The Labute approximate surface area is 415 Å². The van der Waals surface area contributed by atoms with Gasteiger partial charge in [0.1, 0.15) is 0 Å². The number of carbonyl (C=O) groups excluding carboxylic acids is 2. The Hall–Kier alpha value is -6.92. The Bertz CT molecular complexity index is 2260. The Kier molecular flexibility index (Phi) is 21.3. The van der Waals surface area contributed by atoms with E-state index in [4.69, 9.17) is 67.2 Å². The number of unbranched alkanes of at least 4 members (excludes halogenated alkanes) is 2. The van der Waals surface area contributed by atoms with Crippen molar-refractivity contribution < 1.29 is 76.8 Å². The van der Waals surface area contributed by atoms with Gasteiger partial charge in [0, 0.05) is 38.3 Å². The van der Waals surface area contributed by atoms with Crippen LogP contribution in [0.3, 0.4) is 0 Å². The highest BCUT2D eigenvalue weighted by Crippen LogP contribution is 2.42. The number of fused-ring (bicyclic) bond motifs is 2. The van der Waals surface area contributed by atoms with Gasteiger partial charge in [0.25, 0.3) is 0 Å². The first-order chi connectivity index (χ1) is 34.3. The third-order valence-corrected chi connectivity index (χ3v) is 12.7. The number of carboxylic acid groups (broad SMARTS) is 2. The van der Waals surface area contributed by atoms with E-state index in [0.717, 1.165) is 54.6 Å². The topological polar surface area (TPSA) is 208 Å². The summed E-state index contributed by atoms with van der Waals surface area (Å²) >= 11 is 0. The van der Waals surface area contributed by atoms with Gasteiger partial charge in [-0.05, 0) is 127 Å². The first-order valence-corrected chi connectivity index (χ1v) is 23.5. The Morgan fingerprint density at radius 1 is 0.465 bits per heavy atom. The van der Waals surface area contributed by atoms with Crippen molar-refractivity contribution in [1.82, 2.24) is 9.80 Å². The average Bonchev–Trinajstić information content (AvgIpc) is 3.39. The van der Waals surface area contributed by atoms with Crippen LogP contribution in [0.15, 0.2) is 60.7 Å². The molecule has 18 nitrogen and oxygen atoms in total. The summed E-state index contributed by atoms with van der Waals surface area (Å²) in [6.45, 7) is 3.29. The number of carboxylic acids is 2. The monoisotopic (exact) mass is 988 g/mol. The van der Waals surface area contributed by atoms with Crippen molar-refractivity contribution in [3.8, 4) is 46.0 Å². The number of methoxy groups -OCH3 is 8. The summed E-state index contributed by atoms with van der Waals surface area (Å²) in [5.41, 5.74) is 6.86. The van der Waals surface area contributed by atoms with Crippen LogP contribution in [-0.4, -0.2) is 140 Å². The molecule has 71 heavy (non-hydrogen) atoms. The molecule has 0 radical (unpaired) electrons. The maximum absolute atomic E-state index is 13.0. The van der Waals surface area contributed by atoms with E-state index in [1.54, 1.807) is 56.9 Å². The highest BCUT2D eigenvalue weighted by molar-refractivity contribution is 6.27. The zero-order valence-corrected chi connectivity index (χ0v) is 42.0. The number of esters is 2. The van der Waals surface area contributed by atoms with Crippen molar-refractivity contribution in [3.63, 3.8) is 0 Å². The standard InChI is InChI=1S/C51H66N2O12.C2H2O4/c1-56-42-14-12-34(28-44(42)58-3)26-40-38-32-48(62-7)46(60-5)30-36(38)16-20-52(40)22-18-50(54)64-24-10-9-11-25-65-51(55)19-23-53-21-17-37-31-47(61-6)49(63-8)33-39(37)41(53)27-35-13-15-43(57-2)45(29-35)59-4;3-1(4)2(5)6/h12-15,28-33,40-41H,9-11,16-27H2,1-8H3;(H,3,4)(H,5,6). The zero-order chi connectivity index (χ0) is 51.5. The smallest absolute Gasteiger partial charge is 0.414 e. The van der Waals surface area contributed by atoms with Gasteiger partial charge >= 0.3 is 23.9 Å². The molecule has 0 saturated heterocycles. The summed E-state index contributed by atoms with van der Waals surface area (Å²) in [6, 6.07) is 20.2. The van der Waals surface area contributed by atoms with Crippen LogP contribution < -0.4 is 37.9 Å². The molecule has 2 heterocycles. The molecule has 0 fully saturated rings. The first kappa shape index (κ1) is 55.0. The summed E-state index contributed by atoms with van der Waals surface area (Å²) in [4.78, 5) is 48.9. The summed E-state index contributed by atoms with van der Waals surface area (Å²) in [5, 5.41) is 14.8. The molecule has 18 heteroatoms. The second-order valence-corrected chi connectivity index (χ2v) is 16.8. The minimum absolute atomic E-state index is 0.0112. The lowest BCUT2D eigenvalue weighted by molar-refractivity contribution is -0.159. The predicted octanol–water partition coefficient (Wildman–Crippen LogP) is 6.93. The normalized spacial score (nSPS) is 15.1. The van der Waals surface area contributed by atoms with Crippen molar-refractivity contribution >= 4 is 23.9 Å². The molecule has 0 aliphatic carbocycles. The number of hydrogen-bond donors (Lipinski definition) is 2. The van der Waals surface area contributed by atoms with E-state index < -0.39 is 11.9 Å². The Morgan fingerprint density at radius 2 is 0.803 bits per heavy atom. The van der Waals surface area contributed by atoms with E-state index in [-0.39, 0.29) is 36.9 Å². The molecule has 4 aromatic carbocycles. The van der Waals surface area contributed by atoms with E-state index in [1.165, 1.54) is 11.1 Å². The quantitative estimate of drug-likeness (QED) is 0.0414. The lowest BCUT2D eigenvalue weighted by atomic mass is 9.88. The Morgan fingerprint density at radius 3 is 1.14 bits per heavy atom. The number of ether oxygens (including phenoxy) is 10. The number of rotatable bonds is 24. The fourth-order valence-electron chi connectivity index (χ4n) is 9.00. The van der Waals surface area contributed by atoms with Crippen LogP contribution in [0.1, 0.15) is 77.6 Å². The van der Waals surface area contributed by atoms with Gasteiger partial charge in [0.15, 0.2) is 46.0 Å². The van der Waals surface area contributed by atoms with Gasteiger partial charge in [-0.1, -0.05) is 12.1 Å². The summed E-state index contributed by atoms with van der Waals surface area (Å²) in [6.07, 6.45) is 5.69. The lowest BCUT2D eigenvalue weighted by Crippen LogP contribution is -2.38. The van der Waals surface area contributed by atoms with Gasteiger partial charge in [0.2, 0.25) is 0 Å². The van der Waals surface area contributed by atoms with E-state index in [1.807, 2.05) is 36.4 Å². The minimum atomic E-state index is -1.82. The van der Waals surface area contributed by atoms with Gasteiger partial charge < -0.3 is 57.6 Å². The van der Waals surface area contributed by atoms with Gasteiger partial charge in [-0.2, -0.15) is 0 Å². The lowest BCUT2D eigenvalue weighted by Gasteiger charge is -2.38. The van der Waals surface area contributed by atoms with E-state index in [9.17, 15) is 9.59 Å². The van der Waals surface area contributed by atoms with Gasteiger partial charge in [-0.15, -0.1) is 0 Å². The number of aliphatic carboxylic acids is 2. The molecule has 2 atom stereocenters. The molecule has 386 valence electrons. The van der Waals surface area contributed by atoms with Gasteiger partial charge in [0.05, 0.1) is 82.9 Å². The van der Waals surface area contributed by atoms with E-state index in [2.05, 4.69) is 34.1 Å². The molecule has 2 aliphatic heterocycles. The summed E-state index contributed by atoms with van der Waals surface area (Å²) in [7, 11) is 13.1. The van der Waals surface area contributed by atoms with E-state index >= 15 is 0 Å². The van der Waals surface area contributed by atoms with Crippen molar-refractivity contribution in [2.45, 2.75) is 69.9 Å². The molecule has 0 amide bonds. The molecule has 2 unspecified atom stereocenters. The SMILES string of the molecule is COc1ccc(CC2c3cc(OC)c(OC)cc3CCN2CCC(=O)OCCCCCOC(=O)CCN2CCc3cc(OC)c(OC)cc3C2Cc2ccc(OC)c(OC)c2)cc1OC.O=C(O)C(=O)O. The van der Waals surface area contributed by atoms with Gasteiger partial charge in [-0.25, -0.2) is 9.59 Å². The molecule has 6 rings (SSSR count). The molecular weight excluding hydrogens is 921 g/mol. The van der Waals surface area contributed by atoms with Crippen molar-refractivity contribution in [2.75, 3.05) is 96.3 Å². The molecule has 0 bridgehead atoms. The fourth-order valence-corrected chi connectivity index (χ4v) is 9.00. The fraction of sp³-hybridized carbons (Fsp3) is 0.472. The molecule has 0 saturated carbocycles. The largest absolute Gasteiger partial charge is 0.493 e.